The van der Waals surface area contributed by atoms with Crippen LogP contribution in [0.25, 0.3) is 0 Å². The Hall–Kier alpha value is -1.33. The van der Waals surface area contributed by atoms with Gasteiger partial charge in [0.2, 0.25) is 5.91 Å². The van der Waals surface area contributed by atoms with E-state index >= 15 is 0 Å². The molecule has 118 valence electrons. The standard InChI is InChI=1S/C16H26N2O3/c1-20-11-6-9-17-16(19)13-18-10-4-2-3-7-14(18)15-8-5-12-21-15/h5,8,12,14H,2-4,6-7,9-11,13H2,1H3,(H,17,19)/t14-/m1/s1. The number of nitrogens with zero attached hydrogens (tertiary/aromatic N) is 1. The van der Waals surface area contributed by atoms with Gasteiger partial charge in [-0.15, -0.1) is 0 Å². The third-order valence-corrected chi connectivity index (χ3v) is 3.93. The monoisotopic (exact) mass is 294 g/mol. The summed E-state index contributed by atoms with van der Waals surface area (Å²) in [7, 11) is 1.67. The maximum Gasteiger partial charge on any atom is 0.234 e. The molecule has 1 aliphatic rings. The fourth-order valence-electron chi connectivity index (χ4n) is 2.84. The van der Waals surface area contributed by atoms with Crippen molar-refractivity contribution in [1.82, 2.24) is 10.2 Å². The van der Waals surface area contributed by atoms with E-state index in [0.717, 1.165) is 31.6 Å². The third kappa shape index (κ3) is 5.17. The van der Waals surface area contributed by atoms with Crippen molar-refractivity contribution in [2.45, 2.75) is 38.1 Å². The van der Waals surface area contributed by atoms with Gasteiger partial charge in [-0.2, -0.15) is 0 Å². The maximum absolute atomic E-state index is 12.1. The van der Waals surface area contributed by atoms with Crippen LogP contribution in [0.5, 0.6) is 0 Å². The summed E-state index contributed by atoms with van der Waals surface area (Å²) in [6.45, 7) is 2.75. The van der Waals surface area contributed by atoms with Crippen LogP contribution < -0.4 is 5.32 Å². The number of rotatable bonds is 7. The molecule has 0 radical (unpaired) electrons. The van der Waals surface area contributed by atoms with Crippen molar-refractivity contribution in [3.8, 4) is 0 Å². The van der Waals surface area contributed by atoms with Gasteiger partial charge < -0.3 is 14.5 Å². The van der Waals surface area contributed by atoms with Crippen LogP contribution in [0, 0.1) is 0 Å². The van der Waals surface area contributed by atoms with Gasteiger partial charge in [0.1, 0.15) is 5.76 Å². The highest BCUT2D eigenvalue weighted by atomic mass is 16.5. The van der Waals surface area contributed by atoms with Crippen molar-refractivity contribution in [3.63, 3.8) is 0 Å². The highest BCUT2D eigenvalue weighted by molar-refractivity contribution is 5.78. The number of hydrogen-bond acceptors (Lipinski definition) is 4. The molecule has 1 aromatic rings. The number of likely N-dealkylation sites (tertiary alicyclic amines) is 1. The summed E-state index contributed by atoms with van der Waals surface area (Å²) in [5.74, 6) is 1.06. The van der Waals surface area contributed by atoms with E-state index in [1.807, 2.05) is 12.1 Å². The molecule has 0 bridgehead atoms. The molecule has 2 rings (SSSR count). The van der Waals surface area contributed by atoms with E-state index in [9.17, 15) is 4.79 Å². The molecule has 1 amide bonds. The van der Waals surface area contributed by atoms with Crippen molar-refractivity contribution >= 4 is 5.91 Å². The highest BCUT2D eigenvalue weighted by Gasteiger charge is 2.26. The van der Waals surface area contributed by atoms with E-state index < -0.39 is 0 Å². The highest BCUT2D eigenvalue weighted by Crippen LogP contribution is 2.29. The minimum absolute atomic E-state index is 0.0876. The first-order valence-electron chi connectivity index (χ1n) is 7.84. The molecule has 0 spiro atoms. The number of furan rings is 1. The lowest BCUT2D eigenvalue weighted by atomic mass is 10.1. The predicted octanol–water partition coefficient (Wildman–Crippen LogP) is 2.35. The van der Waals surface area contributed by atoms with Gasteiger partial charge in [0, 0.05) is 20.3 Å². The lowest BCUT2D eigenvalue weighted by Gasteiger charge is -2.27. The van der Waals surface area contributed by atoms with Crippen LogP contribution in [0.15, 0.2) is 22.8 Å². The van der Waals surface area contributed by atoms with Gasteiger partial charge in [0.15, 0.2) is 0 Å². The van der Waals surface area contributed by atoms with Gasteiger partial charge in [-0.3, -0.25) is 9.69 Å². The van der Waals surface area contributed by atoms with Crippen molar-refractivity contribution in [2.24, 2.45) is 0 Å². The molecule has 1 aliphatic heterocycles. The Bertz CT molecular complexity index is 406. The number of carbonyl (C=O) groups excluding carboxylic acids is 1. The Morgan fingerprint density at radius 2 is 2.38 bits per heavy atom. The Morgan fingerprint density at radius 3 is 3.14 bits per heavy atom. The van der Waals surface area contributed by atoms with Gasteiger partial charge in [0.05, 0.1) is 18.8 Å². The Balaban J connectivity index is 1.87. The lowest BCUT2D eigenvalue weighted by molar-refractivity contribution is -0.122. The zero-order chi connectivity index (χ0) is 14.9. The molecule has 21 heavy (non-hydrogen) atoms. The second kappa shape index (κ2) is 8.85. The summed E-state index contributed by atoms with van der Waals surface area (Å²) in [6.07, 6.45) is 7.19. The molecule has 1 fully saturated rings. The molecule has 1 saturated heterocycles. The average Bonchev–Trinajstić information content (AvgIpc) is 2.91. The first-order valence-corrected chi connectivity index (χ1v) is 7.84. The molecule has 0 aliphatic carbocycles. The minimum Gasteiger partial charge on any atom is -0.468 e. The molecule has 5 nitrogen and oxygen atoms in total. The molecule has 0 aromatic carbocycles. The fraction of sp³-hybridized carbons (Fsp3) is 0.688. The molecular weight excluding hydrogens is 268 g/mol. The molecule has 0 unspecified atom stereocenters. The summed E-state index contributed by atoms with van der Waals surface area (Å²) in [4.78, 5) is 14.3. The van der Waals surface area contributed by atoms with Crippen molar-refractivity contribution in [2.75, 3.05) is 33.4 Å². The molecule has 0 saturated carbocycles. The van der Waals surface area contributed by atoms with E-state index in [4.69, 9.17) is 9.15 Å². The molecule has 2 heterocycles. The smallest absolute Gasteiger partial charge is 0.234 e. The SMILES string of the molecule is COCCCNC(=O)CN1CCCCC[C@@H]1c1ccco1. The van der Waals surface area contributed by atoms with Crippen molar-refractivity contribution < 1.29 is 13.9 Å². The van der Waals surface area contributed by atoms with Gasteiger partial charge in [-0.25, -0.2) is 0 Å². The summed E-state index contributed by atoms with van der Waals surface area (Å²) in [6, 6.07) is 4.16. The van der Waals surface area contributed by atoms with Gasteiger partial charge >= 0.3 is 0 Å². The Morgan fingerprint density at radius 1 is 1.48 bits per heavy atom. The molecule has 1 aromatic heterocycles. The minimum atomic E-state index is 0.0876. The normalized spacial score (nSPS) is 20.1. The van der Waals surface area contributed by atoms with Crippen LogP contribution >= 0.6 is 0 Å². The van der Waals surface area contributed by atoms with E-state index in [2.05, 4.69) is 10.2 Å². The van der Waals surface area contributed by atoms with Crippen LogP contribution in [0.3, 0.4) is 0 Å². The van der Waals surface area contributed by atoms with E-state index in [1.165, 1.54) is 12.8 Å². The van der Waals surface area contributed by atoms with Crippen molar-refractivity contribution in [3.05, 3.63) is 24.2 Å². The molecular formula is C16H26N2O3. The van der Waals surface area contributed by atoms with Crippen molar-refractivity contribution in [1.29, 1.82) is 0 Å². The number of methoxy groups -OCH3 is 1. The number of carbonyl (C=O) groups is 1. The second-order valence-corrected chi connectivity index (χ2v) is 5.55. The Labute approximate surface area is 126 Å². The zero-order valence-corrected chi connectivity index (χ0v) is 12.8. The fourth-order valence-corrected chi connectivity index (χ4v) is 2.84. The third-order valence-electron chi connectivity index (χ3n) is 3.93. The van der Waals surface area contributed by atoms with E-state index in [-0.39, 0.29) is 11.9 Å². The number of hydrogen-bond donors (Lipinski definition) is 1. The topological polar surface area (TPSA) is 54.7 Å². The number of amides is 1. The largest absolute Gasteiger partial charge is 0.468 e. The summed E-state index contributed by atoms with van der Waals surface area (Å²) >= 11 is 0. The predicted molar refractivity (Wildman–Crippen MR) is 81.0 cm³/mol. The summed E-state index contributed by atoms with van der Waals surface area (Å²) < 4.78 is 10.5. The van der Waals surface area contributed by atoms with E-state index in [0.29, 0.717) is 19.7 Å². The Kier molecular flexibility index (Phi) is 6.76. The van der Waals surface area contributed by atoms with Gasteiger partial charge in [0.25, 0.3) is 0 Å². The molecule has 1 atom stereocenters. The van der Waals surface area contributed by atoms with Crippen LogP contribution in [0.4, 0.5) is 0 Å². The average molecular weight is 294 g/mol. The molecule has 5 heteroatoms. The first-order chi connectivity index (χ1) is 10.3. The zero-order valence-electron chi connectivity index (χ0n) is 12.8. The van der Waals surface area contributed by atoms with Crippen LogP contribution in [-0.2, 0) is 9.53 Å². The van der Waals surface area contributed by atoms with Gasteiger partial charge in [-0.1, -0.05) is 12.8 Å². The van der Waals surface area contributed by atoms with Gasteiger partial charge in [-0.05, 0) is 37.9 Å². The van der Waals surface area contributed by atoms with E-state index in [1.54, 1.807) is 13.4 Å². The van der Waals surface area contributed by atoms with Crippen LogP contribution in [0.2, 0.25) is 0 Å². The second-order valence-electron chi connectivity index (χ2n) is 5.55. The maximum atomic E-state index is 12.1. The van der Waals surface area contributed by atoms with Crippen LogP contribution in [0.1, 0.15) is 43.9 Å². The first kappa shape index (κ1) is 16.0. The number of nitrogens with one attached hydrogen (secondary N) is 1. The molecule has 1 N–H and O–H groups in total. The number of ether oxygens (including phenoxy) is 1. The summed E-state index contributed by atoms with van der Waals surface area (Å²) in [5.41, 5.74) is 0. The lowest BCUT2D eigenvalue weighted by Crippen LogP contribution is -2.39. The van der Waals surface area contributed by atoms with Crippen LogP contribution in [-0.4, -0.2) is 44.2 Å². The quantitative estimate of drug-likeness (QED) is 0.784. The summed E-state index contributed by atoms with van der Waals surface area (Å²) in [5, 5.41) is 2.96.